The lowest BCUT2D eigenvalue weighted by Gasteiger charge is -2.23. The van der Waals surface area contributed by atoms with Gasteiger partial charge in [0.25, 0.3) is 0 Å². The summed E-state index contributed by atoms with van der Waals surface area (Å²) in [7, 11) is 4.08. The number of hydrogen-bond donors (Lipinski definition) is 0. The van der Waals surface area contributed by atoms with Crippen molar-refractivity contribution in [3.63, 3.8) is 0 Å². The van der Waals surface area contributed by atoms with E-state index in [9.17, 15) is 0 Å². The van der Waals surface area contributed by atoms with E-state index in [0.717, 1.165) is 16.7 Å². The van der Waals surface area contributed by atoms with Crippen LogP contribution in [-0.4, -0.2) is 14.1 Å². The van der Waals surface area contributed by atoms with E-state index in [-0.39, 0.29) is 0 Å². The van der Waals surface area contributed by atoms with Gasteiger partial charge in [-0.25, -0.2) is 0 Å². The van der Waals surface area contributed by atoms with Crippen LogP contribution in [0.15, 0.2) is 0 Å². The minimum absolute atomic E-state index is 0.829. The van der Waals surface area contributed by atoms with Crippen LogP contribution in [0.3, 0.4) is 0 Å². The normalized spacial score (nSPS) is 9.93. The summed E-state index contributed by atoms with van der Waals surface area (Å²) in [6.45, 7) is 8.20. The van der Waals surface area contributed by atoms with Crippen LogP contribution < -0.4 is 4.90 Å². The molecule has 0 amide bonds. The van der Waals surface area contributed by atoms with E-state index in [1.807, 2.05) is 27.9 Å². The molecule has 0 aliphatic carbocycles. The highest BCUT2D eigenvalue weighted by molar-refractivity contribution is 5.67. The second-order valence-corrected chi connectivity index (χ2v) is 4.23. The first-order chi connectivity index (χ1) is 6.91. The maximum absolute atomic E-state index is 9.11. The molecule has 2 heteroatoms. The van der Waals surface area contributed by atoms with Crippen molar-refractivity contribution in [3.05, 3.63) is 27.8 Å². The van der Waals surface area contributed by atoms with Gasteiger partial charge in [0, 0.05) is 19.8 Å². The Morgan fingerprint density at radius 3 is 1.53 bits per heavy atom. The Morgan fingerprint density at radius 2 is 1.27 bits per heavy atom. The maximum atomic E-state index is 9.11. The molecule has 0 saturated carbocycles. The monoisotopic (exact) mass is 202 g/mol. The molecular formula is C13H18N2. The summed E-state index contributed by atoms with van der Waals surface area (Å²) in [5, 5.41) is 9.11. The molecule has 0 fully saturated rings. The maximum Gasteiger partial charge on any atom is 0.0997 e. The van der Waals surface area contributed by atoms with Gasteiger partial charge < -0.3 is 4.90 Å². The number of benzene rings is 1. The molecule has 0 aromatic heterocycles. The van der Waals surface area contributed by atoms with Gasteiger partial charge in [-0.2, -0.15) is 5.26 Å². The van der Waals surface area contributed by atoms with Crippen molar-refractivity contribution in [2.75, 3.05) is 19.0 Å². The van der Waals surface area contributed by atoms with Crippen molar-refractivity contribution in [1.82, 2.24) is 0 Å². The van der Waals surface area contributed by atoms with Crippen molar-refractivity contribution in [2.24, 2.45) is 0 Å². The van der Waals surface area contributed by atoms with Crippen LogP contribution in [0.1, 0.15) is 27.8 Å². The van der Waals surface area contributed by atoms with Gasteiger partial charge in [0.2, 0.25) is 0 Å². The summed E-state index contributed by atoms with van der Waals surface area (Å²) >= 11 is 0. The van der Waals surface area contributed by atoms with E-state index in [2.05, 4.69) is 24.8 Å². The summed E-state index contributed by atoms with van der Waals surface area (Å²) in [5.74, 6) is 0. The zero-order chi connectivity index (χ0) is 11.7. The molecule has 0 aliphatic rings. The van der Waals surface area contributed by atoms with Gasteiger partial charge in [0.15, 0.2) is 0 Å². The van der Waals surface area contributed by atoms with Crippen LogP contribution >= 0.6 is 0 Å². The third-order valence-corrected chi connectivity index (χ3v) is 3.14. The topological polar surface area (TPSA) is 27.0 Å². The van der Waals surface area contributed by atoms with Crippen LogP contribution in [0.5, 0.6) is 0 Å². The quantitative estimate of drug-likeness (QED) is 0.700. The van der Waals surface area contributed by atoms with E-state index in [4.69, 9.17) is 5.26 Å². The fourth-order valence-corrected chi connectivity index (χ4v) is 2.13. The number of anilines is 1. The van der Waals surface area contributed by atoms with Crippen LogP contribution in [0.4, 0.5) is 5.69 Å². The molecule has 1 rings (SSSR count). The Labute approximate surface area is 92.1 Å². The van der Waals surface area contributed by atoms with Crippen molar-refractivity contribution in [1.29, 1.82) is 5.26 Å². The molecule has 0 radical (unpaired) electrons. The van der Waals surface area contributed by atoms with E-state index >= 15 is 0 Å². The van der Waals surface area contributed by atoms with Gasteiger partial charge in [-0.05, 0) is 49.9 Å². The van der Waals surface area contributed by atoms with Crippen LogP contribution in [0.2, 0.25) is 0 Å². The Kier molecular flexibility index (Phi) is 3.04. The third-order valence-electron chi connectivity index (χ3n) is 3.14. The van der Waals surface area contributed by atoms with Crippen LogP contribution in [-0.2, 0) is 0 Å². The summed E-state index contributed by atoms with van der Waals surface area (Å²) in [6.07, 6.45) is 0. The second kappa shape index (κ2) is 3.94. The smallest absolute Gasteiger partial charge is 0.0997 e. The molecule has 0 atom stereocenters. The Morgan fingerprint density at radius 1 is 0.867 bits per heavy atom. The highest BCUT2D eigenvalue weighted by Crippen LogP contribution is 2.31. The van der Waals surface area contributed by atoms with Crippen molar-refractivity contribution in [2.45, 2.75) is 27.7 Å². The van der Waals surface area contributed by atoms with E-state index < -0.39 is 0 Å². The molecule has 2 nitrogen and oxygen atoms in total. The Balaban J connectivity index is 3.69. The van der Waals surface area contributed by atoms with E-state index in [0.29, 0.717) is 0 Å². The lowest BCUT2D eigenvalue weighted by Crippen LogP contribution is -2.14. The van der Waals surface area contributed by atoms with Gasteiger partial charge in [0.05, 0.1) is 11.6 Å². The molecule has 0 unspecified atom stereocenters. The van der Waals surface area contributed by atoms with Crippen molar-refractivity contribution < 1.29 is 0 Å². The molecule has 1 aromatic carbocycles. The lowest BCUT2D eigenvalue weighted by atomic mass is 9.92. The van der Waals surface area contributed by atoms with Gasteiger partial charge in [0.1, 0.15) is 0 Å². The third kappa shape index (κ3) is 1.70. The van der Waals surface area contributed by atoms with E-state index in [1.165, 1.54) is 16.8 Å². The molecule has 0 saturated heterocycles. The fourth-order valence-electron chi connectivity index (χ4n) is 2.13. The van der Waals surface area contributed by atoms with Gasteiger partial charge in [-0.3, -0.25) is 0 Å². The lowest BCUT2D eigenvalue weighted by molar-refractivity contribution is 1.07. The molecule has 80 valence electrons. The standard InChI is InChI=1S/C13H18N2/c1-8-10(3)13(15(5)6)11(4)9(2)12(8)7-14/h1-6H3. The van der Waals surface area contributed by atoms with Crippen LogP contribution in [0, 0.1) is 39.0 Å². The summed E-state index contributed by atoms with van der Waals surface area (Å²) in [4.78, 5) is 2.12. The average molecular weight is 202 g/mol. The molecule has 0 heterocycles. The second-order valence-electron chi connectivity index (χ2n) is 4.23. The first-order valence-electron chi connectivity index (χ1n) is 5.09. The van der Waals surface area contributed by atoms with Crippen molar-refractivity contribution >= 4 is 5.69 Å². The minimum Gasteiger partial charge on any atom is -0.377 e. The highest BCUT2D eigenvalue weighted by atomic mass is 15.1. The molecule has 0 spiro atoms. The predicted molar refractivity (Wildman–Crippen MR) is 64.4 cm³/mol. The Bertz CT molecular complexity index is 408. The molecule has 0 N–H and O–H groups in total. The zero-order valence-corrected chi connectivity index (χ0v) is 10.4. The fraction of sp³-hybridized carbons (Fsp3) is 0.462. The minimum atomic E-state index is 0.829. The van der Waals surface area contributed by atoms with Gasteiger partial charge in [-0.1, -0.05) is 0 Å². The summed E-state index contributed by atoms with van der Waals surface area (Å²) in [5.41, 5.74) is 6.69. The average Bonchev–Trinajstić information content (AvgIpc) is 2.16. The summed E-state index contributed by atoms with van der Waals surface area (Å²) < 4.78 is 0. The molecule has 1 aromatic rings. The molecule has 0 aliphatic heterocycles. The van der Waals surface area contributed by atoms with E-state index in [1.54, 1.807) is 0 Å². The van der Waals surface area contributed by atoms with Gasteiger partial charge in [-0.15, -0.1) is 0 Å². The number of rotatable bonds is 1. The van der Waals surface area contributed by atoms with Gasteiger partial charge >= 0.3 is 0 Å². The first kappa shape index (κ1) is 11.6. The van der Waals surface area contributed by atoms with Crippen molar-refractivity contribution in [3.8, 4) is 6.07 Å². The molecule has 0 bridgehead atoms. The Hall–Kier alpha value is -1.49. The largest absolute Gasteiger partial charge is 0.377 e. The number of nitriles is 1. The molecule has 15 heavy (non-hydrogen) atoms. The SMILES string of the molecule is Cc1c(C)c(N(C)C)c(C)c(C)c1C#N. The molecular weight excluding hydrogens is 184 g/mol. The first-order valence-corrected chi connectivity index (χ1v) is 5.09. The number of hydrogen-bond acceptors (Lipinski definition) is 2. The highest BCUT2D eigenvalue weighted by Gasteiger charge is 2.15. The predicted octanol–water partition coefficient (Wildman–Crippen LogP) is 2.86. The summed E-state index contributed by atoms with van der Waals surface area (Å²) in [6, 6.07) is 2.29. The van der Waals surface area contributed by atoms with Crippen LogP contribution in [0.25, 0.3) is 0 Å². The number of nitrogens with zero attached hydrogens (tertiary/aromatic N) is 2. The zero-order valence-electron chi connectivity index (χ0n) is 10.4.